The van der Waals surface area contributed by atoms with Crippen LogP contribution in [0, 0.1) is 10.1 Å². The molecule has 146 valence electrons. The van der Waals surface area contributed by atoms with E-state index < -0.39 is 14.9 Å². The Morgan fingerprint density at radius 1 is 1.00 bits per heavy atom. The molecule has 0 bridgehead atoms. The molecule has 4 aromatic rings. The summed E-state index contributed by atoms with van der Waals surface area (Å²) < 4.78 is 28.3. The summed E-state index contributed by atoms with van der Waals surface area (Å²) in [5.74, 6) is 0.530. The van der Waals surface area contributed by atoms with Crippen LogP contribution in [0.4, 0.5) is 11.4 Å². The van der Waals surface area contributed by atoms with Crippen molar-refractivity contribution in [3.63, 3.8) is 0 Å². The van der Waals surface area contributed by atoms with Crippen molar-refractivity contribution in [3.05, 3.63) is 81.3 Å². The second-order valence-electron chi connectivity index (χ2n) is 6.18. The number of anilines is 1. The van der Waals surface area contributed by atoms with Crippen molar-refractivity contribution in [2.45, 2.75) is 4.90 Å². The first-order valence-electron chi connectivity index (χ1n) is 8.35. The number of halogens is 1. The number of nitro groups is 1. The van der Waals surface area contributed by atoms with E-state index in [4.69, 9.17) is 0 Å². The van der Waals surface area contributed by atoms with Crippen molar-refractivity contribution in [1.82, 2.24) is 9.97 Å². The summed E-state index contributed by atoms with van der Waals surface area (Å²) in [7, 11) is -3.70. The van der Waals surface area contributed by atoms with Crippen LogP contribution in [0.3, 0.4) is 0 Å². The molecule has 0 aliphatic carbocycles. The molecule has 1 aromatic heterocycles. The van der Waals surface area contributed by atoms with Crippen molar-refractivity contribution in [2.75, 3.05) is 4.72 Å². The smallest absolute Gasteiger partial charge is 0.271 e. The van der Waals surface area contributed by atoms with E-state index in [9.17, 15) is 18.5 Å². The Balaban J connectivity index is 1.58. The molecule has 3 aromatic carbocycles. The van der Waals surface area contributed by atoms with Gasteiger partial charge in [-0.2, -0.15) is 0 Å². The summed E-state index contributed by atoms with van der Waals surface area (Å²) in [6, 6.07) is 17.4. The molecule has 8 nitrogen and oxygen atoms in total. The summed E-state index contributed by atoms with van der Waals surface area (Å²) in [5.41, 5.74) is 2.25. The predicted molar refractivity (Wildman–Crippen MR) is 113 cm³/mol. The summed E-state index contributed by atoms with van der Waals surface area (Å²) in [4.78, 5) is 18.1. The normalized spacial score (nSPS) is 11.5. The summed E-state index contributed by atoms with van der Waals surface area (Å²) in [5, 5.41) is 10.9. The number of imidazole rings is 1. The lowest BCUT2D eigenvalue weighted by Crippen LogP contribution is -2.12. The molecule has 0 aliphatic rings. The zero-order valence-corrected chi connectivity index (χ0v) is 17.1. The molecule has 0 radical (unpaired) electrons. The molecule has 1 heterocycles. The van der Waals surface area contributed by atoms with E-state index in [1.807, 2.05) is 0 Å². The number of rotatable bonds is 5. The number of aromatic amines is 1. The van der Waals surface area contributed by atoms with Gasteiger partial charge < -0.3 is 4.98 Å². The van der Waals surface area contributed by atoms with E-state index in [1.165, 1.54) is 24.3 Å². The number of aromatic nitrogens is 2. The Bertz CT molecular complexity index is 1320. The van der Waals surface area contributed by atoms with Gasteiger partial charge in [-0.15, -0.1) is 0 Å². The van der Waals surface area contributed by atoms with Gasteiger partial charge in [0, 0.05) is 27.9 Å². The van der Waals surface area contributed by atoms with Gasteiger partial charge in [-0.1, -0.05) is 15.9 Å². The Morgan fingerprint density at radius 2 is 1.69 bits per heavy atom. The minimum Gasteiger partial charge on any atom is -0.338 e. The van der Waals surface area contributed by atoms with Crippen LogP contribution in [0.5, 0.6) is 0 Å². The highest BCUT2D eigenvalue weighted by Crippen LogP contribution is 2.25. The highest BCUT2D eigenvalue weighted by molar-refractivity contribution is 9.10. The van der Waals surface area contributed by atoms with Crippen LogP contribution < -0.4 is 4.72 Å². The number of hydrogen-bond donors (Lipinski definition) is 2. The fourth-order valence-electron chi connectivity index (χ4n) is 2.77. The largest absolute Gasteiger partial charge is 0.338 e. The molecule has 0 saturated carbocycles. The molecule has 0 amide bonds. The van der Waals surface area contributed by atoms with Gasteiger partial charge in [0.15, 0.2) is 0 Å². The van der Waals surface area contributed by atoms with E-state index in [-0.39, 0.29) is 10.6 Å². The van der Waals surface area contributed by atoms with E-state index in [1.54, 1.807) is 42.5 Å². The number of fused-ring (bicyclic) bond motifs is 1. The summed E-state index contributed by atoms with van der Waals surface area (Å²) in [6.45, 7) is 0. The van der Waals surface area contributed by atoms with Gasteiger partial charge in [-0.05, 0) is 54.6 Å². The van der Waals surface area contributed by atoms with Crippen molar-refractivity contribution >= 4 is 48.4 Å². The van der Waals surface area contributed by atoms with E-state index in [0.717, 1.165) is 10.0 Å². The quantitative estimate of drug-likeness (QED) is 0.322. The highest BCUT2D eigenvalue weighted by atomic mass is 79.9. The zero-order valence-electron chi connectivity index (χ0n) is 14.7. The van der Waals surface area contributed by atoms with Crippen molar-refractivity contribution in [1.29, 1.82) is 0 Å². The minimum absolute atomic E-state index is 0.0228. The Morgan fingerprint density at radius 3 is 2.34 bits per heavy atom. The number of nitro benzene ring substituents is 1. The monoisotopic (exact) mass is 472 g/mol. The van der Waals surface area contributed by atoms with Gasteiger partial charge in [0.2, 0.25) is 0 Å². The van der Waals surface area contributed by atoms with Crippen LogP contribution in [0.15, 0.2) is 76.1 Å². The average Bonchev–Trinajstić information content (AvgIpc) is 3.12. The fraction of sp³-hybridized carbons (Fsp3) is 0. The zero-order chi connectivity index (χ0) is 20.6. The minimum atomic E-state index is -3.70. The van der Waals surface area contributed by atoms with Gasteiger partial charge in [-0.3, -0.25) is 14.8 Å². The molecule has 29 heavy (non-hydrogen) atoms. The number of nitrogens with one attached hydrogen (secondary N) is 2. The number of hydrogen-bond acceptors (Lipinski definition) is 5. The lowest BCUT2D eigenvalue weighted by atomic mass is 10.2. The van der Waals surface area contributed by atoms with Gasteiger partial charge in [0.25, 0.3) is 15.7 Å². The van der Waals surface area contributed by atoms with E-state index in [0.29, 0.717) is 22.5 Å². The first-order chi connectivity index (χ1) is 13.8. The molecule has 4 rings (SSSR count). The molecule has 0 fully saturated rings. The average molecular weight is 473 g/mol. The number of nitrogens with zero attached hydrogens (tertiary/aromatic N) is 2. The van der Waals surface area contributed by atoms with Crippen LogP contribution in [0.1, 0.15) is 0 Å². The first-order valence-corrected chi connectivity index (χ1v) is 10.6. The van der Waals surface area contributed by atoms with Crippen LogP contribution in [0.25, 0.3) is 22.4 Å². The number of H-pyrrole nitrogens is 1. The van der Waals surface area contributed by atoms with E-state index >= 15 is 0 Å². The SMILES string of the molecule is O=[N+]([O-])c1ccc2nc(-c3ccc(NS(=O)(=O)c4ccc(Br)cc4)cc3)[nH]c2c1. The maximum atomic E-state index is 12.5. The predicted octanol–water partition coefficient (Wildman–Crippen LogP) is 4.70. The molecule has 0 unspecified atom stereocenters. The summed E-state index contributed by atoms with van der Waals surface area (Å²) in [6.07, 6.45) is 0. The first kappa shape index (κ1) is 19.1. The van der Waals surface area contributed by atoms with Gasteiger partial charge in [-0.25, -0.2) is 13.4 Å². The number of sulfonamides is 1. The van der Waals surface area contributed by atoms with Crippen molar-refractivity contribution in [3.8, 4) is 11.4 Å². The third kappa shape index (κ3) is 3.98. The van der Waals surface area contributed by atoms with Crippen LogP contribution >= 0.6 is 15.9 Å². The Hall–Kier alpha value is -3.24. The van der Waals surface area contributed by atoms with Crippen LogP contribution in [-0.2, 0) is 10.0 Å². The molecule has 0 saturated heterocycles. The van der Waals surface area contributed by atoms with Crippen molar-refractivity contribution < 1.29 is 13.3 Å². The third-order valence-electron chi connectivity index (χ3n) is 4.21. The number of non-ortho nitro benzene ring substituents is 1. The van der Waals surface area contributed by atoms with Gasteiger partial charge in [0.1, 0.15) is 5.82 Å². The summed E-state index contributed by atoms with van der Waals surface area (Å²) >= 11 is 3.28. The van der Waals surface area contributed by atoms with Gasteiger partial charge >= 0.3 is 0 Å². The Labute approximate surface area is 173 Å². The number of benzene rings is 3. The molecule has 0 spiro atoms. The highest BCUT2D eigenvalue weighted by Gasteiger charge is 2.15. The lowest BCUT2D eigenvalue weighted by molar-refractivity contribution is -0.384. The second-order valence-corrected chi connectivity index (χ2v) is 8.78. The molecule has 0 atom stereocenters. The fourth-order valence-corrected chi connectivity index (χ4v) is 4.09. The standard InChI is InChI=1S/C19H13BrN4O4S/c20-13-3-8-16(9-4-13)29(27,28)23-14-5-1-12(2-6-14)19-21-17-10-7-15(24(25)26)11-18(17)22-19/h1-11,23H,(H,21,22). The van der Waals surface area contributed by atoms with Crippen molar-refractivity contribution in [2.24, 2.45) is 0 Å². The molecule has 0 aliphatic heterocycles. The van der Waals surface area contributed by atoms with E-state index in [2.05, 4.69) is 30.6 Å². The molecular weight excluding hydrogens is 460 g/mol. The maximum Gasteiger partial charge on any atom is 0.271 e. The Kier molecular flexibility index (Phi) is 4.81. The molecule has 10 heteroatoms. The third-order valence-corrected chi connectivity index (χ3v) is 6.14. The topological polar surface area (TPSA) is 118 Å². The lowest BCUT2D eigenvalue weighted by Gasteiger charge is -2.08. The molecule has 2 N–H and O–H groups in total. The van der Waals surface area contributed by atoms with Crippen LogP contribution in [-0.4, -0.2) is 23.3 Å². The molecular formula is C19H13BrN4O4S. The van der Waals surface area contributed by atoms with Gasteiger partial charge in [0.05, 0.1) is 20.9 Å². The maximum absolute atomic E-state index is 12.5. The van der Waals surface area contributed by atoms with Crippen LogP contribution in [0.2, 0.25) is 0 Å². The second kappa shape index (κ2) is 7.30.